The smallest absolute Gasteiger partial charge is 0.327 e. The zero-order valence-corrected chi connectivity index (χ0v) is 10.3. The molecule has 1 spiro atoms. The van der Waals surface area contributed by atoms with E-state index in [1.807, 2.05) is 0 Å². The Morgan fingerprint density at radius 2 is 2.00 bits per heavy atom. The van der Waals surface area contributed by atoms with Crippen LogP contribution in [-0.2, 0) is 19.0 Å². The molecule has 1 saturated carbocycles. The molecule has 2 fully saturated rings. The van der Waals surface area contributed by atoms with Crippen LogP contribution in [0.3, 0.4) is 0 Å². The number of ether oxygens (including phenoxy) is 3. The van der Waals surface area contributed by atoms with Crippen molar-refractivity contribution in [3.05, 3.63) is 11.8 Å². The van der Waals surface area contributed by atoms with E-state index in [1.54, 1.807) is 6.26 Å². The number of fused-ring (bicyclic) bond motifs is 1. The van der Waals surface area contributed by atoms with E-state index in [9.17, 15) is 4.79 Å². The van der Waals surface area contributed by atoms with Gasteiger partial charge in [-0.15, -0.1) is 0 Å². The summed E-state index contributed by atoms with van der Waals surface area (Å²) in [5.41, 5.74) is 0.914. The minimum atomic E-state index is -0.928. The molecule has 0 aromatic heterocycles. The topological polar surface area (TPSA) is 44.8 Å². The van der Waals surface area contributed by atoms with Crippen LogP contribution in [-0.4, -0.2) is 25.0 Å². The van der Waals surface area contributed by atoms with Crippen LogP contribution in [0.5, 0.6) is 0 Å². The van der Waals surface area contributed by atoms with Crippen molar-refractivity contribution in [2.45, 2.75) is 39.1 Å². The van der Waals surface area contributed by atoms with E-state index in [0.29, 0.717) is 26.1 Å². The SMILES string of the molecule is CC1(C)CCC(=O)C2=COC3(CC21)OCCO3. The Kier molecular flexibility index (Phi) is 2.35. The Morgan fingerprint density at radius 1 is 1.29 bits per heavy atom. The minimum absolute atomic E-state index is 0.103. The van der Waals surface area contributed by atoms with E-state index < -0.39 is 5.97 Å². The van der Waals surface area contributed by atoms with Crippen LogP contribution in [0.2, 0.25) is 0 Å². The first kappa shape index (κ1) is 11.2. The molecule has 94 valence electrons. The van der Waals surface area contributed by atoms with E-state index in [0.717, 1.165) is 12.0 Å². The van der Waals surface area contributed by atoms with Gasteiger partial charge < -0.3 is 14.2 Å². The number of hydrogen-bond donors (Lipinski definition) is 0. The fourth-order valence-electron chi connectivity index (χ4n) is 2.98. The molecule has 1 atom stereocenters. The van der Waals surface area contributed by atoms with Gasteiger partial charge in [0.15, 0.2) is 5.78 Å². The lowest BCUT2D eigenvalue weighted by Crippen LogP contribution is -2.46. The number of carbonyl (C=O) groups excluding carboxylic acids is 1. The van der Waals surface area contributed by atoms with Crippen LogP contribution in [0, 0.1) is 11.3 Å². The molecule has 0 amide bonds. The molecule has 2 heterocycles. The van der Waals surface area contributed by atoms with Crippen LogP contribution in [0.15, 0.2) is 11.8 Å². The largest absolute Gasteiger partial charge is 0.446 e. The Morgan fingerprint density at radius 3 is 2.71 bits per heavy atom. The van der Waals surface area contributed by atoms with Gasteiger partial charge in [0.25, 0.3) is 0 Å². The molecule has 1 aliphatic carbocycles. The van der Waals surface area contributed by atoms with Crippen LogP contribution in [0.25, 0.3) is 0 Å². The molecular weight excluding hydrogens is 220 g/mol. The van der Waals surface area contributed by atoms with Crippen molar-refractivity contribution in [3.63, 3.8) is 0 Å². The number of allylic oxidation sites excluding steroid dienone is 1. The first-order chi connectivity index (χ1) is 8.03. The molecule has 1 unspecified atom stereocenters. The zero-order chi connectivity index (χ0) is 12.1. The maximum Gasteiger partial charge on any atom is 0.327 e. The first-order valence-corrected chi connectivity index (χ1v) is 6.21. The summed E-state index contributed by atoms with van der Waals surface area (Å²) in [6.45, 7) is 5.52. The van der Waals surface area contributed by atoms with Crippen LogP contribution in [0.1, 0.15) is 33.1 Å². The third-order valence-corrected chi connectivity index (χ3v) is 4.18. The minimum Gasteiger partial charge on any atom is -0.446 e. The van der Waals surface area contributed by atoms with E-state index in [-0.39, 0.29) is 17.1 Å². The normalized spacial score (nSPS) is 34.1. The van der Waals surface area contributed by atoms with Crippen LogP contribution >= 0.6 is 0 Å². The molecule has 1 saturated heterocycles. The third-order valence-electron chi connectivity index (χ3n) is 4.18. The maximum absolute atomic E-state index is 11.9. The van der Waals surface area contributed by atoms with Gasteiger partial charge in [0, 0.05) is 24.3 Å². The number of carbonyl (C=O) groups is 1. The molecule has 4 nitrogen and oxygen atoms in total. The molecule has 0 aromatic carbocycles. The van der Waals surface area contributed by atoms with E-state index in [4.69, 9.17) is 14.2 Å². The van der Waals surface area contributed by atoms with Gasteiger partial charge in [0.05, 0.1) is 19.5 Å². The van der Waals surface area contributed by atoms with Crippen molar-refractivity contribution in [2.75, 3.05) is 13.2 Å². The van der Waals surface area contributed by atoms with E-state index >= 15 is 0 Å². The molecule has 0 radical (unpaired) electrons. The Labute approximate surface area is 101 Å². The molecular formula is C13H18O4. The zero-order valence-electron chi connectivity index (χ0n) is 10.3. The molecule has 4 heteroatoms. The van der Waals surface area contributed by atoms with Gasteiger partial charge in [-0.3, -0.25) is 4.79 Å². The van der Waals surface area contributed by atoms with Crippen molar-refractivity contribution in [1.82, 2.24) is 0 Å². The maximum atomic E-state index is 11.9. The highest BCUT2D eigenvalue weighted by atomic mass is 16.9. The van der Waals surface area contributed by atoms with Gasteiger partial charge in [-0.25, -0.2) is 0 Å². The summed E-state index contributed by atoms with van der Waals surface area (Å²) >= 11 is 0. The van der Waals surface area contributed by atoms with E-state index in [1.165, 1.54) is 0 Å². The highest BCUT2D eigenvalue weighted by molar-refractivity contribution is 5.96. The van der Waals surface area contributed by atoms with Gasteiger partial charge >= 0.3 is 5.97 Å². The lowest BCUT2D eigenvalue weighted by atomic mass is 9.64. The van der Waals surface area contributed by atoms with Crippen molar-refractivity contribution in [1.29, 1.82) is 0 Å². The first-order valence-electron chi connectivity index (χ1n) is 6.21. The summed E-state index contributed by atoms with van der Waals surface area (Å²) in [5, 5.41) is 0. The van der Waals surface area contributed by atoms with Crippen molar-refractivity contribution in [2.24, 2.45) is 11.3 Å². The lowest BCUT2D eigenvalue weighted by Gasteiger charge is -2.45. The summed E-state index contributed by atoms with van der Waals surface area (Å²) in [6.07, 6.45) is 3.73. The van der Waals surface area contributed by atoms with E-state index in [2.05, 4.69) is 13.8 Å². The van der Waals surface area contributed by atoms with Gasteiger partial charge in [0.1, 0.15) is 0 Å². The monoisotopic (exact) mass is 238 g/mol. The average molecular weight is 238 g/mol. The number of Topliss-reactive ketones (excluding diaryl/α,β-unsaturated/α-hetero) is 1. The fourth-order valence-corrected chi connectivity index (χ4v) is 2.98. The molecule has 3 rings (SSSR count). The summed E-state index contributed by atoms with van der Waals surface area (Å²) in [5.74, 6) is -0.541. The summed E-state index contributed by atoms with van der Waals surface area (Å²) in [7, 11) is 0. The van der Waals surface area contributed by atoms with Gasteiger partial charge in [0.2, 0.25) is 0 Å². The summed E-state index contributed by atoms with van der Waals surface area (Å²) in [4.78, 5) is 11.9. The predicted molar refractivity (Wildman–Crippen MR) is 59.9 cm³/mol. The second-order valence-corrected chi connectivity index (χ2v) is 5.74. The highest BCUT2D eigenvalue weighted by Gasteiger charge is 2.51. The van der Waals surface area contributed by atoms with Gasteiger partial charge in [-0.2, -0.15) is 0 Å². The Bertz CT molecular complexity index is 377. The summed E-state index contributed by atoms with van der Waals surface area (Å²) < 4.78 is 16.6. The molecule has 2 aliphatic heterocycles. The second kappa shape index (κ2) is 3.56. The predicted octanol–water partition coefficient (Wildman–Crippen LogP) is 2.00. The van der Waals surface area contributed by atoms with Crippen LogP contribution < -0.4 is 0 Å². The highest BCUT2D eigenvalue weighted by Crippen LogP contribution is 2.50. The molecule has 0 bridgehead atoms. The fraction of sp³-hybridized carbons (Fsp3) is 0.769. The quantitative estimate of drug-likeness (QED) is 0.647. The average Bonchev–Trinajstić information content (AvgIpc) is 2.73. The van der Waals surface area contributed by atoms with Crippen molar-refractivity contribution in [3.8, 4) is 0 Å². The third kappa shape index (κ3) is 1.70. The van der Waals surface area contributed by atoms with Gasteiger partial charge in [-0.1, -0.05) is 13.8 Å². The molecule has 17 heavy (non-hydrogen) atoms. The molecule has 0 aromatic rings. The molecule has 0 N–H and O–H groups in total. The standard InChI is InChI=1S/C13H18O4/c1-12(2)4-3-11(14)9-8-17-13(7-10(9)12)15-5-6-16-13/h8,10H,3-7H2,1-2H3. The Hall–Kier alpha value is -0.870. The lowest BCUT2D eigenvalue weighted by molar-refractivity contribution is -0.324. The molecule has 3 aliphatic rings. The van der Waals surface area contributed by atoms with Crippen molar-refractivity contribution >= 4 is 5.78 Å². The Balaban J connectivity index is 1.93. The number of hydrogen-bond acceptors (Lipinski definition) is 4. The van der Waals surface area contributed by atoms with Gasteiger partial charge in [-0.05, 0) is 11.8 Å². The second-order valence-electron chi connectivity index (χ2n) is 5.74. The summed E-state index contributed by atoms with van der Waals surface area (Å²) in [6, 6.07) is 0. The number of ketones is 1. The number of rotatable bonds is 0. The van der Waals surface area contributed by atoms with Crippen LogP contribution in [0.4, 0.5) is 0 Å². The van der Waals surface area contributed by atoms with Crippen molar-refractivity contribution < 1.29 is 19.0 Å².